The van der Waals surface area contributed by atoms with Crippen LogP contribution in [-0.2, 0) is 14.4 Å². The smallest absolute Gasteiger partial charge is 0.325 e. The second-order valence-corrected chi connectivity index (χ2v) is 6.94. The number of thioether (sulfide) groups is 1. The van der Waals surface area contributed by atoms with Crippen molar-refractivity contribution < 1.29 is 23.9 Å². The third-order valence-corrected chi connectivity index (χ3v) is 4.73. The summed E-state index contributed by atoms with van der Waals surface area (Å²) in [7, 11) is 0. The number of aliphatic carboxylic acids is 1. The van der Waals surface area contributed by atoms with Gasteiger partial charge in [0.2, 0.25) is 5.91 Å². The molecule has 2 amide bonds. The van der Waals surface area contributed by atoms with Crippen molar-refractivity contribution in [3.8, 4) is 0 Å². The summed E-state index contributed by atoms with van der Waals surface area (Å²) in [5.74, 6) is -2.32. The molecule has 1 aromatic carbocycles. The fourth-order valence-corrected chi connectivity index (χ4v) is 3.30. The van der Waals surface area contributed by atoms with Crippen LogP contribution in [-0.4, -0.2) is 44.7 Å². The van der Waals surface area contributed by atoms with Gasteiger partial charge in [0.05, 0.1) is 4.91 Å². The summed E-state index contributed by atoms with van der Waals surface area (Å²) in [5.41, 5.74) is 0.662. The molecule has 0 radical (unpaired) electrons. The highest BCUT2D eigenvalue weighted by atomic mass is 32.2. The molecule has 2 N–H and O–H groups in total. The van der Waals surface area contributed by atoms with Gasteiger partial charge in [-0.05, 0) is 30.7 Å². The molecule has 25 heavy (non-hydrogen) atoms. The van der Waals surface area contributed by atoms with Crippen LogP contribution in [0.5, 0.6) is 0 Å². The molecule has 1 unspecified atom stereocenters. The Bertz CT molecular complexity index is 749. The van der Waals surface area contributed by atoms with Gasteiger partial charge in [-0.15, -0.1) is 0 Å². The number of thiocarbonyl (C=S) groups is 1. The van der Waals surface area contributed by atoms with E-state index in [-0.39, 0.29) is 24.7 Å². The molecule has 0 aliphatic carbocycles. The third-order valence-electron chi connectivity index (χ3n) is 3.35. The van der Waals surface area contributed by atoms with Crippen LogP contribution in [0.25, 0.3) is 6.08 Å². The van der Waals surface area contributed by atoms with Crippen LogP contribution in [0.4, 0.5) is 4.39 Å². The molecule has 0 aromatic heterocycles. The first-order chi connectivity index (χ1) is 11.8. The van der Waals surface area contributed by atoms with E-state index in [0.29, 0.717) is 14.8 Å². The normalized spacial score (nSPS) is 17.0. The van der Waals surface area contributed by atoms with Crippen LogP contribution in [0.3, 0.4) is 0 Å². The van der Waals surface area contributed by atoms with Gasteiger partial charge in [-0.25, -0.2) is 4.39 Å². The summed E-state index contributed by atoms with van der Waals surface area (Å²) in [6.07, 6.45) is 1.54. The molecular formula is C16H15FN2O4S2. The van der Waals surface area contributed by atoms with Crippen molar-refractivity contribution in [2.75, 3.05) is 6.54 Å². The van der Waals surface area contributed by atoms with Crippen molar-refractivity contribution in [1.82, 2.24) is 10.2 Å². The van der Waals surface area contributed by atoms with E-state index in [1.54, 1.807) is 18.2 Å². The van der Waals surface area contributed by atoms with Crippen LogP contribution in [0.2, 0.25) is 0 Å². The van der Waals surface area contributed by atoms with E-state index in [9.17, 15) is 18.8 Å². The van der Waals surface area contributed by atoms with Gasteiger partial charge in [0.15, 0.2) is 0 Å². The molecule has 2 rings (SSSR count). The first-order valence-electron chi connectivity index (χ1n) is 7.31. The molecule has 0 spiro atoms. The van der Waals surface area contributed by atoms with Gasteiger partial charge in [-0.1, -0.05) is 36.1 Å². The number of carbonyl (C=O) groups excluding carboxylic acids is 2. The van der Waals surface area contributed by atoms with E-state index in [1.165, 1.54) is 24.0 Å². The van der Waals surface area contributed by atoms with Crippen LogP contribution < -0.4 is 5.32 Å². The first kappa shape index (κ1) is 19.1. The SMILES string of the molecule is CC(NC(=O)CCN1C(=O)/C(=C/c2ccc(F)cc2)SC1=S)C(=O)O. The van der Waals surface area contributed by atoms with Crippen molar-refractivity contribution in [2.24, 2.45) is 0 Å². The van der Waals surface area contributed by atoms with E-state index < -0.39 is 17.9 Å². The first-order valence-corrected chi connectivity index (χ1v) is 8.53. The molecule has 1 aromatic rings. The maximum Gasteiger partial charge on any atom is 0.325 e. The predicted molar refractivity (Wildman–Crippen MR) is 96.1 cm³/mol. The summed E-state index contributed by atoms with van der Waals surface area (Å²) >= 11 is 6.26. The van der Waals surface area contributed by atoms with E-state index in [1.807, 2.05) is 0 Å². The van der Waals surface area contributed by atoms with Gasteiger partial charge in [0, 0.05) is 13.0 Å². The second kappa shape index (κ2) is 8.21. The zero-order valence-corrected chi connectivity index (χ0v) is 14.8. The number of nitrogens with zero attached hydrogens (tertiary/aromatic N) is 1. The van der Waals surface area contributed by atoms with Crippen molar-refractivity contribution in [3.05, 3.63) is 40.6 Å². The zero-order chi connectivity index (χ0) is 18.6. The quantitative estimate of drug-likeness (QED) is 0.578. The van der Waals surface area contributed by atoms with Gasteiger partial charge in [-0.2, -0.15) is 0 Å². The van der Waals surface area contributed by atoms with Gasteiger partial charge < -0.3 is 10.4 Å². The van der Waals surface area contributed by atoms with Crippen LogP contribution in [0, 0.1) is 5.82 Å². The largest absolute Gasteiger partial charge is 0.480 e. The Kier molecular flexibility index (Phi) is 6.27. The number of rotatable bonds is 6. The minimum atomic E-state index is -1.14. The van der Waals surface area contributed by atoms with Crippen LogP contribution >= 0.6 is 24.0 Å². The van der Waals surface area contributed by atoms with E-state index in [4.69, 9.17) is 17.3 Å². The van der Waals surface area contributed by atoms with E-state index in [0.717, 1.165) is 11.8 Å². The Morgan fingerprint density at radius 1 is 1.40 bits per heavy atom. The van der Waals surface area contributed by atoms with E-state index >= 15 is 0 Å². The molecule has 1 atom stereocenters. The minimum absolute atomic E-state index is 0.0591. The molecule has 1 saturated heterocycles. The number of amides is 2. The lowest BCUT2D eigenvalue weighted by Crippen LogP contribution is -2.40. The summed E-state index contributed by atoms with van der Waals surface area (Å²) in [4.78, 5) is 36.5. The fourth-order valence-electron chi connectivity index (χ4n) is 1.99. The van der Waals surface area contributed by atoms with Crippen molar-refractivity contribution >= 4 is 52.2 Å². The molecule has 6 nitrogen and oxygen atoms in total. The summed E-state index contributed by atoms with van der Waals surface area (Å²) in [6.45, 7) is 1.41. The van der Waals surface area contributed by atoms with Crippen molar-refractivity contribution in [3.63, 3.8) is 0 Å². The van der Waals surface area contributed by atoms with Gasteiger partial charge >= 0.3 is 5.97 Å². The number of nitrogens with one attached hydrogen (secondary N) is 1. The fraction of sp³-hybridized carbons (Fsp3) is 0.250. The summed E-state index contributed by atoms with van der Waals surface area (Å²) in [5, 5.41) is 11.1. The molecule has 0 bridgehead atoms. The molecule has 132 valence electrons. The minimum Gasteiger partial charge on any atom is -0.480 e. The number of halogens is 1. The number of carboxylic acids is 1. The Labute approximate surface area is 153 Å². The van der Waals surface area contributed by atoms with Gasteiger partial charge in [0.25, 0.3) is 5.91 Å². The second-order valence-electron chi connectivity index (χ2n) is 5.26. The Morgan fingerprint density at radius 2 is 2.04 bits per heavy atom. The maximum absolute atomic E-state index is 12.9. The molecule has 1 heterocycles. The number of benzene rings is 1. The number of carboxylic acid groups (broad SMARTS) is 1. The highest BCUT2D eigenvalue weighted by Gasteiger charge is 2.32. The van der Waals surface area contributed by atoms with Crippen LogP contribution in [0.15, 0.2) is 29.2 Å². The highest BCUT2D eigenvalue weighted by Crippen LogP contribution is 2.32. The zero-order valence-electron chi connectivity index (χ0n) is 13.2. The Balaban J connectivity index is 1.98. The maximum atomic E-state index is 12.9. The van der Waals surface area contributed by atoms with Crippen LogP contribution in [0.1, 0.15) is 18.9 Å². The predicted octanol–water partition coefficient (Wildman–Crippen LogP) is 2.01. The average Bonchev–Trinajstić information content (AvgIpc) is 2.81. The molecule has 1 aliphatic heterocycles. The Hall–Kier alpha value is -2.26. The number of hydrogen-bond donors (Lipinski definition) is 2. The number of carbonyl (C=O) groups is 3. The molecule has 1 fully saturated rings. The third kappa shape index (κ3) is 5.10. The molecule has 0 saturated carbocycles. The summed E-state index contributed by atoms with van der Waals surface area (Å²) in [6, 6.07) is 4.67. The lowest BCUT2D eigenvalue weighted by molar-refractivity contribution is -0.141. The van der Waals surface area contributed by atoms with Gasteiger partial charge in [-0.3, -0.25) is 19.3 Å². The van der Waals surface area contributed by atoms with Crippen molar-refractivity contribution in [2.45, 2.75) is 19.4 Å². The molecule has 1 aliphatic rings. The summed E-state index contributed by atoms with van der Waals surface area (Å²) < 4.78 is 13.2. The molecule has 9 heteroatoms. The lowest BCUT2D eigenvalue weighted by atomic mass is 10.2. The average molecular weight is 382 g/mol. The number of hydrogen-bond acceptors (Lipinski definition) is 5. The Morgan fingerprint density at radius 3 is 2.64 bits per heavy atom. The molecular weight excluding hydrogens is 367 g/mol. The highest BCUT2D eigenvalue weighted by molar-refractivity contribution is 8.26. The van der Waals surface area contributed by atoms with Crippen molar-refractivity contribution in [1.29, 1.82) is 0 Å². The monoisotopic (exact) mass is 382 g/mol. The standard InChI is InChI=1S/C16H15FN2O4S2/c1-9(15(22)23)18-13(20)6-7-19-14(21)12(25-16(19)24)8-10-2-4-11(17)5-3-10/h2-5,8-9H,6-7H2,1H3,(H,18,20)(H,22,23)/b12-8-. The van der Waals surface area contributed by atoms with Gasteiger partial charge in [0.1, 0.15) is 16.2 Å². The topological polar surface area (TPSA) is 86.7 Å². The lowest BCUT2D eigenvalue weighted by Gasteiger charge is -2.15. The van der Waals surface area contributed by atoms with E-state index in [2.05, 4.69) is 5.32 Å².